The van der Waals surface area contributed by atoms with E-state index in [2.05, 4.69) is 30.6 Å². The second kappa shape index (κ2) is 8.40. The molecule has 170 valence electrons. The topological polar surface area (TPSA) is 88.0 Å². The summed E-state index contributed by atoms with van der Waals surface area (Å²) in [5.41, 5.74) is 9.13. The molecule has 0 aromatic carbocycles. The minimum atomic E-state index is -0.414. The summed E-state index contributed by atoms with van der Waals surface area (Å²) in [5, 5.41) is 3.09. The molecule has 0 saturated carbocycles. The molecule has 9 heteroatoms. The Bertz CT molecular complexity index is 1320. The van der Waals surface area contributed by atoms with Gasteiger partial charge in [0, 0.05) is 42.7 Å². The van der Waals surface area contributed by atoms with E-state index >= 15 is 0 Å². The van der Waals surface area contributed by atoms with Gasteiger partial charge in [0.25, 0.3) is 5.56 Å². The maximum absolute atomic E-state index is 14.0. The number of anilines is 2. The van der Waals surface area contributed by atoms with E-state index < -0.39 is 5.82 Å². The standard InChI is InChI=1S/C24H26FN7O/c1-4-18-15(3)28-22-9-14(2)23(30-32(22)24(18)33)31-8-6-20-16(13-31)10-17(11-27-20)29-21-5-7-26-12-19(21)25/h5,7,9-12,23,30H,4,6,8,13H2,1-3H3,(H,26,29). The molecule has 0 spiro atoms. The highest BCUT2D eigenvalue weighted by atomic mass is 19.1. The third-order valence-corrected chi connectivity index (χ3v) is 6.29. The molecule has 0 radical (unpaired) electrons. The van der Waals surface area contributed by atoms with Gasteiger partial charge in [0.05, 0.1) is 23.8 Å². The van der Waals surface area contributed by atoms with Crippen LogP contribution in [0.2, 0.25) is 0 Å². The van der Waals surface area contributed by atoms with E-state index in [0.717, 1.165) is 46.7 Å². The Hall–Kier alpha value is -3.59. The summed E-state index contributed by atoms with van der Waals surface area (Å²) in [7, 11) is 0. The van der Waals surface area contributed by atoms with Crippen LogP contribution in [-0.4, -0.2) is 37.2 Å². The van der Waals surface area contributed by atoms with Crippen molar-refractivity contribution in [3.05, 3.63) is 80.8 Å². The molecule has 1 atom stereocenters. The molecule has 2 aliphatic heterocycles. The van der Waals surface area contributed by atoms with E-state index in [0.29, 0.717) is 24.5 Å². The fourth-order valence-corrected chi connectivity index (χ4v) is 4.56. The molecule has 5 heterocycles. The molecule has 2 N–H and O–H groups in total. The Labute approximate surface area is 191 Å². The van der Waals surface area contributed by atoms with Gasteiger partial charge in [-0.3, -0.25) is 25.1 Å². The minimum absolute atomic E-state index is 0.0429. The molecule has 3 aromatic rings. The summed E-state index contributed by atoms with van der Waals surface area (Å²) >= 11 is 0. The first-order valence-corrected chi connectivity index (χ1v) is 11.1. The van der Waals surface area contributed by atoms with Gasteiger partial charge >= 0.3 is 0 Å². The van der Waals surface area contributed by atoms with Crippen molar-refractivity contribution in [1.82, 2.24) is 24.5 Å². The Morgan fingerprint density at radius 2 is 2.15 bits per heavy atom. The van der Waals surface area contributed by atoms with Gasteiger partial charge in [0.15, 0.2) is 11.6 Å². The predicted octanol–water partition coefficient (Wildman–Crippen LogP) is 3.13. The fourth-order valence-electron chi connectivity index (χ4n) is 4.56. The Balaban J connectivity index is 1.40. The molecule has 8 nitrogen and oxygen atoms in total. The molecule has 5 rings (SSSR count). The Morgan fingerprint density at radius 3 is 2.94 bits per heavy atom. The molecule has 33 heavy (non-hydrogen) atoms. The highest BCUT2D eigenvalue weighted by Gasteiger charge is 2.29. The average Bonchev–Trinajstić information content (AvgIpc) is 2.80. The van der Waals surface area contributed by atoms with Gasteiger partial charge in [0.2, 0.25) is 0 Å². The van der Waals surface area contributed by atoms with E-state index in [9.17, 15) is 9.18 Å². The van der Waals surface area contributed by atoms with E-state index in [4.69, 9.17) is 0 Å². The molecule has 0 fully saturated rings. The lowest BCUT2D eigenvalue weighted by Crippen LogP contribution is -2.52. The van der Waals surface area contributed by atoms with Crippen molar-refractivity contribution in [2.75, 3.05) is 17.3 Å². The van der Waals surface area contributed by atoms with Crippen LogP contribution < -0.4 is 16.3 Å². The van der Waals surface area contributed by atoms with Gasteiger partial charge in [0.1, 0.15) is 6.17 Å². The van der Waals surface area contributed by atoms with Crippen molar-refractivity contribution in [1.29, 1.82) is 0 Å². The van der Waals surface area contributed by atoms with E-state index in [-0.39, 0.29) is 11.7 Å². The van der Waals surface area contributed by atoms with Gasteiger partial charge in [-0.2, -0.15) is 0 Å². The van der Waals surface area contributed by atoms with Crippen LogP contribution in [-0.2, 0) is 19.4 Å². The number of hydrogen-bond donors (Lipinski definition) is 2. The first-order valence-electron chi connectivity index (χ1n) is 11.1. The third kappa shape index (κ3) is 3.89. The van der Waals surface area contributed by atoms with Crippen LogP contribution in [0.4, 0.5) is 15.8 Å². The van der Waals surface area contributed by atoms with Crippen LogP contribution in [0.15, 0.2) is 41.1 Å². The summed E-state index contributed by atoms with van der Waals surface area (Å²) in [6.45, 7) is 7.36. The highest BCUT2D eigenvalue weighted by Crippen LogP contribution is 2.27. The van der Waals surface area contributed by atoms with Crippen LogP contribution in [0.3, 0.4) is 0 Å². The molecule has 0 aliphatic carbocycles. The largest absolute Gasteiger partial charge is 0.352 e. The molecular formula is C24H26FN7O. The number of pyridine rings is 2. The van der Waals surface area contributed by atoms with E-state index in [1.165, 1.54) is 6.20 Å². The van der Waals surface area contributed by atoms with Gasteiger partial charge in [-0.15, -0.1) is 0 Å². The normalized spacial score (nSPS) is 17.6. The lowest BCUT2D eigenvalue weighted by molar-refractivity contribution is 0.205. The second-order valence-corrected chi connectivity index (χ2v) is 8.48. The number of halogens is 1. The van der Waals surface area contributed by atoms with Crippen molar-refractivity contribution in [3.8, 4) is 0 Å². The van der Waals surface area contributed by atoms with Crippen LogP contribution in [0.5, 0.6) is 0 Å². The molecular weight excluding hydrogens is 421 g/mol. The molecule has 0 amide bonds. The summed E-state index contributed by atoms with van der Waals surface area (Å²) in [6.07, 6.45) is 7.74. The van der Waals surface area contributed by atoms with Crippen LogP contribution in [0, 0.1) is 12.7 Å². The SMILES string of the molecule is CCc1c(C)nc2n(c1=O)NC(N1CCc3ncc(Nc4ccncc4F)cc3C1)C(C)=C2. The van der Waals surface area contributed by atoms with Crippen LogP contribution in [0.1, 0.15) is 42.2 Å². The first-order chi connectivity index (χ1) is 15.9. The first kappa shape index (κ1) is 21.3. The second-order valence-electron chi connectivity index (χ2n) is 8.48. The zero-order valence-corrected chi connectivity index (χ0v) is 18.9. The molecule has 0 bridgehead atoms. The number of aryl methyl sites for hydroxylation is 1. The quantitative estimate of drug-likeness (QED) is 0.635. The number of nitrogens with one attached hydrogen (secondary N) is 2. The van der Waals surface area contributed by atoms with Crippen molar-refractivity contribution in [2.45, 2.75) is 46.3 Å². The predicted molar refractivity (Wildman–Crippen MR) is 125 cm³/mol. The maximum Gasteiger partial charge on any atom is 0.275 e. The third-order valence-electron chi connectivity index (χ3n) is 6.29. The fraction of sp³-hybridized carbons (Fsp3) is 0.333. The molecule has 1 unspecified atom stereocenters. The number of rotatable bonds is 4. The van der Waals surface area contributed by atoms with Crippen LogP contribution >= 0.6 is 0 Å². The average molecular weight is 448 g/mol. The number of hydrogen-bond acceptors (Lipinski definition) is 7. The van der Waals surface area contributed by atoms with E-state index in [1.54, 1.807) is 23.1 Å². The lowest BCUT2D eigenvalue weighted by atomic mass is 10.0. The zero-order chi connectivity index (χ0) is 23.1. The summed E-state index contributed by atoms with van der Waals surface area (Å²) in [6, 6.07) is 3.60. The highest BCUT2D eigenvalue weighted by molar-refractivity contribution is 5.60. The Morgan fingerprint density at radius 1 is 1.30 bits per heavy atom. The monoisotopic (exact) mass is 447 g/mol. The zero-order valence-electron chi connectivity index (χ0n) is 18.9. The van der Waals surface area contributed by atoms with Gasteiger partial charge in [-0.1, -0.05) is 6.92 Å². The smallest absolute Gasteiger partial charge is 0.275 e. The number of nitrogens with zero attached hydrogens (tertiary/aromatic N) is 5. The van der Waals surface area contributed by atoms with Gasteiger partial charge in [-0.05, 0) is 49.6 Å². The Kier molecular flexibility index (Phi) is 5.41. The number of fused-ring (bicyclic) bond motifs is 2. The molecule has 3 aromatic heterocycles. The number of aromatic nitrogens is 4. The van der Waals surface area contributed by atoms with Crippen LogP contribution in [0.25, 0.3) is 6.08 Å². The van der Waals surface area contributed by atoms with E-state index in [1.807, 2.05) is 32.9 Å². The van der Waals surface area contributed by atoms with Crippen molar-refractivity contribution in [2.24, 2.45) is 0 Å². The van der Waals surface area contributed by atoms with Crippen molar-refractivity contribution < 1.29 is 4.39 Å². The molecule has 2 aliphatic rings. The van der Waals surface area contributed by atoms with Gasteiger partial charge < -0.3 is 5.32 Å². The summed E-state index contributed by atoms with van der Waals surface area (Å²) in [4.78, 5) is 28.3. The maximum atomic E-state index is 14.0. The van der Waals surface area contributed by atoms with Crippen molar-refractivity contribution >= 4 is 17.5 Å². The lowest BCUT2D eigenvalue weighted by Gasteiger charge is -2.39. The van der Waals surface area contributed by atoms with Crippen molar-refractivity contribution in [3.63, 3.8) is 0 Å². The molecule has 0 saturated heterocycles. The minimum Gasteiger partial charge on any atom is -0.352 e. The van der Waals surface area contributed by atoms with Gasteiger partial charge in [-0.25, -0.2) is 14.1 Å². The summed E-state index contributed by atoms with van der Waals surface area (Å²) in [5.74, 6) is 0.219. The summed E-state index contributed by atoms with van der Waals surface area (Å²) < 4.78 is 15.6.